The van der Waals surface area contributed by atoms with Crippen LogP contribution in [0.3, 0.4) is 0 Å². The number of rotatable bonds is 3. The lowest BCUT2D eigenvalue weighted by molar-refractivity contribution is -0.137. The first-order chi connectivity index (χ1) is 11.8. The Morgan fingerprint density at radius 3 is 2.76 bits per heavy atom. The number of carbonyl (C=O) groups is 1. The normalized spacial score (nSPS) is 17.6. The molecule has 1 saturated heterocycles. The number of pyridine rings is 1. The number of hydrogen-bond donors (Lipinski definition) is 0. The van der Waals surface area contributed by atoms with Gasteiger partial charge in [-0.2, -0.15) is 13.2 Å². The van der Waals surface area contributed by atoms with Crippen LogP contribution in [0.1, 0.15) is 28.2 Å². The molecule has 25 heavy (non-hydrogen) atoms. The second-order valence-electron chi connectivity index (χ2n) is 5.70. The molecule has 3 heterocycles. The Hall–Kier alpha value is -2.71. The lowest BCUT2D eigenvalue weighted by Gasteiger charge is -2.17. The number of ether oxygens (including phenoxy) is 1. The van der Waals surface area contributed by atoms with Crippen LogP contribution in [0, 0.1) is 6.92 Å². The van der Waals surface area contributed by atoms with Gasteiger partial charge in [0.2, 0.25) is 5.88 Å². The van der Waals surface area contributed by atoms with E-state index in [1.54, 1.807) is 6.92 Å². The monoisotopic (exact) mass is 352 g/mol. The maximum Gasteiger partial charge on any atom is 0.416 e. The highest BCUT2D eigenvalue weighted by Gasteiger charge is 2.32. The van der Waals surface area contributed by atoms with Crippen molar-refractivity contribution in [2.45, 2.75) is 25.6 Å². The summed E-state index contributed by atoms with van der Waals surface area (Å²) in [5, 5.41) is 0. The molecule has 0 aromatic carbocycles. The fourth-order valence-electron chi connectivity index (χ4n) is 2.49. The molecule has 0 saturated carbocycles. The molecule has 132 valence electrons. The van der Waals surface area contributed by atoms with Gasteiger partial charge in [0.1, 0.15) is 11.8 Å². The van der Waals surface area contributed by atoms with Gasteiger partial charge >= 0.3 is 6.18 Å². The first-order valence-electron chi connectivity index (χ1n) is 7.61. The van der Waals surface area contributed by atoms with Gasteiger partial charge in [0.15, 0.2) is 0 Å². The molecule has 1 amide bonds. The van der Waals surface area contributed by atoms with Crippen LogP contribution >= 0.6 is 0 Å². The number of aryl methyl sites for hydroxylation is 1. The summed E-state index contributed by atoms with van der Waals surface area (Å²) in [6, 6.07) is 1.74. The highest BCUT2D eigenvalue weighted by molar-refractivity contribution is 5.92. The SMILES string of the molecule is Cc1cnc(C(=O)N2CCC(Oc3cc(C(F)(F)F)ccn3)C2)cn1. The lowest BCUT2D eigenvalue weighted by atomic mass is 10.2. The molecule has 0 radical (unpaired) electrons. The molecule has 2 aromatic rings. The van der Waals surface area contributed by atoms with E-state index in [1.807, 2.05) is 0 Å². The topological polar surface area (TPSA) is 68.2 Å². The zero-order valence-electron chi connectivity index (χ0n) is 13.3. The van der Waals surface area contributed by atoms with Gasteiger partial charge in [-0.3, -0.25) is 9.78 Å². The quantitative estimate of drug-likeness (QED) is 0.849. The van der Waals surface area contributed by atoms with E-state index in [-0.39, 0.29) is 24.0 Å². The van der Waals surface area contributed by atoms with Crippen molar-refractivity contribution in [1.82, 2.24) is 19.9 Å². The van der Waals surface area contributed by atoms with Crippen molar-refractivity contribution in [1.29, 1.82) is 0 Å². The minimum atomic E-state index is -4.46. The third kappa shape index (κ3) is 4.04. The standard InChI is InChI=1S/C16H15F3N4O2/c1-10-7-22-13(8-21-10)15(24)23-5-3-12(9-23)25-14-6-11(2-4-20-14)16(17,18)19/h2,4,6-8,12H,3,5,9H2,1H3. The summed E-state index contributed by atoms with van der Waals surface area (Å²) >= 11 is 0. The van der Waals surface area contributed by atoms with Gasteiger partial charge in [0.25, 0.3) is 5.91 Å². The Morgan fingerprint density at radius 1 is 1.28 bits per heavy atom. The predicted octanol–water partition coefficient (Wildman–Crippen LogP) is 2.49. The van der Waals surface area contributed by atoms with Crippen LogP contribution in [-0.4, -0.2) is 45.0 Å². The first kappa shape index (κ1) is 17.1. The van der Waals surface area contributed by atoms with Crippen molar-refractivity contribution < 1.29 is 22.7 Å². The molecular formula is C16H15F3N4O2. The Labute approximate surface area is 141 Å². The van der Waals surface area contributed by atoms with E-state index in [0.29, 0.717) is 18.7 Å². The highest BCUT2D eigenvalue weighted by Crippen LogP contribution is 2.31. The average Bonchev–Trinajstić information content (AvgIpc) is 3.03. The molecule has 1 unspecified atom stereocenters. The van der Waals surface area contributed by atoms with Gasteiger partial charge in [-0.15, -0.1) is 0 Å². The molecule has 6 nitrogen and oxygen atoms in total. The van der Waals surface area contributed by atoms with E-state index in [4.69, 9.17) is 4.74 Å². The average molecular weight is 352 g/mol. The van der Waals surface area contributed by atoms with Gasteiger partial charge in [-0.25, -0.2) is 9.97 Å². The fraction of sp³-hybridized carbons (Fsp3) is 0.375. The molecule has 1 aliphatic rings. The van der Waals surface area contributed by atoms with E-state index >= 15 is 0 Å². The minimum absolute atomic E-state index is 0.107. The maximum atomic E-state index is 12.7. The Bertz CT molecular complexity index is 765. The lowest BCUT2D eigenvalue weighted by Crippen LogP contribution is -2.31. The molecule has 2 aromatic heterocycles. The minimum Gasteiger partial charge on any atom is -0.472 e. The van der Waals surface area contributed by atoms with Crippen molar-refractivity contribution in [3.8, 4) is 5.88 Å². The molecule has 1 fully saturated rings. The smallest absolute Gasteiger partial charge is 0.416 e. The predicted molar refractivity (Wildman–Crippen MR) is 80.9 cm³/mol. The van der Waals surface area contributed by atoms with E-state index in [9.17, 15) is 18.0 Å². The maximum absolute atomic E-state index is 12.7. The van der Waals surface area contributed by atoms with Crippen LogP contribution < -0.4 is 4.74 Å². The number of aromatic nitrogens is 3. The van der Waals surface area contributed by atoms with E-state index in [0.717, 1.165) is 18.3 Å². The number of alkyl halides is 3. The van der Waals surface area contributed by atoms with Crippen molar-refractivity contribution in [2.24, 2.45) is 0 Å². The third-order valence-electron chi connectivity index (χ3n) is 3.78. The number of carbonyl (C=O) groups excluding carboxylic acids is 1. The second-order valence-corrected chi connectivity index (χ2v) is 5.70. The molecule has 0 spiro atoms. The van der Waals surface area contributed by atoms with E-state index in [1.165, 1.54) is 17.3 Å². The summed E-state index contributed by atoms with van der Waals surface area (Å²) in [5.74, 6) is -0.389. The Balaban J connectivity index is 1.63. The van der Waals surface area contributed by atoms with Gasteiger partial charge < -0.3 is 9.64 Å². The number of hydrogen-bond acceptors (Lipinski definition) is 5. The summed E-state index contributed by atoms with van der Waals surface area (Å²) in [5.41, 5.74) is 0.108. The van der Waals surface area contributed by atoms with Crippen LogP contribution in [0.2, 0.25) is 0 Å². The summed E-state index contributed by atoms with van der Waals surface area (Å²) in [6.45, 7) is 2.45. The van der Waals surface area contributed by atoms with Gasteiger partial charge in [0.05, 0.1) is 24.0 Å². The van der Waals surface area contributed by atoms with Crippen LogP contribution in [0.4, 0.5) is 13.2 Å². The summed E-state index contributed by atoms with van der Waals surface area (Å²) in [4.78, 5) is 25.8. The Kier molecular flexibility index (Phi) is 4.56. The molecular weight excluding hydrogens is 337 g/mol. The number of likely N-dealkylation sites (tertiary alicyclic amines) is 1. The van der Waals surface area contributed by atoms with Crippen molar-refractivity contribution >= 4 is 5.91 Å². The molecule has 9 heteroatoms. The van der Waals surface area contributed by atoms with Crippen molar-refractivity contribution in [3.63, 3.8) is 0 Å². The van der Waals surface area contributed by atoms with Gasteiger partial charge in [-0.1, -0.05) is 0 Å². The fourth-order valence-corrected chi connectivity index (χ4v) is 2.49. The summed E-state index contributed by atoms with van der Waals surface area (Å²) in [7, 11) is 0. The molecule has 3 rings (SSSR count). The van der Waals surface area contributed by atoms with Crippen LogP contribution in [0.5, 0.6) is 5.88 Å². The van der Waals surface area contributed by atoms with Gasteiger partial charge in [-0.05, 0) is 13.0 Å². The zero-order chi connectivity index (χ0) is 18.0. The first-order valence-corrected chi connectivity index (χ1v) is 7.61. The molecule has 0 bridgehead atoms. The summed E-state index contributed by atoms with van der Waals surface area (Å²) in [6.07, 6.45) is -0.410. The number of nitrogens with zero attached hydrogens (tertiary/aromatic N) is 4. The molecule has 1 atom stereocenters. The highest BCUT2D eigenvalue weighted by atomic mass is 19.4. The number of amides is 1. The van der Waals surface area contributed by atoms with Crippen molar-refractivity contribution in [3.05, 3.63) is 47.7 Å². The van der Waals surface area contributed by atoms with Crippen LogP contribution in [-0.2, 0) is 6.18 Å². The zero-order valence-corrected chi connectivity index (χ0v) is 13.3. The van der Waals surface area contributed by atoms with E-state index < -0.39 is 17.8 Å². The largest absolute Gasteiger partial charge is 0.472 e. The molecule has 1 aliphatic heterocycles. The van der Waals surface area contributed by atoms with Crippen LogP contribution in [0.25, 0.3) is 0 Å². The second kappa shape index (κ2) is 6.66. The van der Waals surface area contributed by atoms with E-state index in [2.05, 4.69) is 15.0 Å². The molecule has 0 N–H and O–H groups in total. The third-order valence-corrected chi connectivity index (χ3v) is 3.78. The Morgan fingerprint density at radius 2 is 2.08 bits per heavy atom. The van der Waals surface area contributed by atoms with Crippen molar-refractivity contribution in [2.75, 3.05) is 13.1 Å². The number of halogens is 3. The van der Waals surface area contributed by atoms with Crippen LogP contribution in [0.15, 0.2) is 30.7 Å². The van der Waals surface area contributed by atoms with Gasteiger partial charge in [0, 0.05) is 31.4 Å². The summed E-state index contributed by atoms with van der Waals surface area (Å²) < 4.78 is 43.7. The molecule has 0 aliphatic carbocycles.